The molecule has 0 spiro atoms. The van der Waals surface area contributed by atoms with E-state index in [2.05, 4.69) is 10.3 Å². The van der Waals surface area contributed by atoms with Gasteiger partial charge in [-0.2, -0.15) is 0 Å². The normalized spacial score (nSPS) is 12.6. The van der Waals surface area contributed by atoms with Gasteiger partial charge in [0.15, 0.2) is 0 Å². The molecule has 2 N–H and O–H groups in total. The molecule has 0 fully saturated rings. The van der Waals surface area contributed by atoms with Gasteiger partial charge in [0.05, 0.1) is 23.2 Å². The Kier molecular flexibility index (Phi) is 5.85. The van der Waals surface area contributed by atoms with E-state index in [-0.39, 0.29) is 28.7 Å². The minimum atomic E-state index is -0.319. The first-order valence-electron chi connectivity index (χ1n) is 5.66. The van der Waals surface area contributed by atoms with Gasteiger partial charge >= 0.3 is 0 Å². The van der Waals surface area contributed by atoms with Crippen LogP contribution in [0.15, 0.2) is 12.3 Å². The van der Waals surface area contributed by atoms with E-state index >= 15 is 0 Å². The fraction of sp³-hybridized carbons (Fsp3) is 0.500. The van der Waals surface area contributed by atoms with E-state index in [0.29, 0.717) is 17.9 Å². The molecular formula is C12H16Cl2N2O2. The van der Waals surface area contributed by atoms with Gasteiger partial charge in [0, 0.05) is 6.20 Å². The van der Waals surface area contributed by atoms with Gasteiger partial charge in [0.25, 0.3) is 5.91 Å². The summed E-state index contributed by atoms with van der Waals surface area (Å²) in [5.41, 5.74) is 0.326. The van der Waals surface area contributed by atoms with E-state index < -0.39 is 0 Å². The molecule has 1 amide bonds. The number of carbonyl (C=O) groups is 1. The Labute approximate surface area is 116 Å². The number of hydrogen-bond donors (Lipinski definition) is 2. The number of aliphatic hydroxyl groups excluding tert-OH is 1. The Morgan fingerprint density at radius 1 is 1.50 bits per heavy atom. The molecule has 0 aromatic carbocycles. The molecule has 0 saturated heterocycles. The molecule has 4 nitrogen and oxygen atoms in total. The van der Waals surface area contributed by atoms with Crippen LogP contribution in [0.3, 0.4) is 0 Å². The van der Waals surface area contributed by atoms with Crippen LogP contribution in [0, 0.1) is 5.92 Å². The Balaban J connectivity index is 2.71. The lowest BCUT2D eigenvalue weighted by Gasteiger charge is -2.18. The molecule has 6 heteroatoms. The molecule has 1 unspecified atom stereocenters. The van der Waals surface area contributed by atoms with Crippen molar-refractivity contribution < 1.29 is 9.90 Å². The summed E-state index contributed by atoms with van der Waals surface area (Å²) in [6, 6.07) is 1.18. The first kappa shape index (κ1) is 15.2. The number of halogens is 2. The van der Waals surface area contributed by atoms with Gasteiger partial charge in [0.2, 0.25) is 0 Å². The van der Waals surface area contributed by atoms with E-state index in [0.717, 1.165) is 0 Å². The Morgan fingerprint density at radius 2 is 2.17 bits per heavy atom. The van der Waals surface area contributed by atoms with Crippen molar-refractivity contribution in [1.29, 1.82) is 0 Å². The van der Waals surface area contributed by atoms with Crippen LogP contribution < -0.4 is 5.32 Å². The standard InChI is InChI=1S/C12H16Cl2N2O2/c1-7(2)3-9(6-17)16-12(18)8-4-10(13)11(14)15-5-8/h4-5,7,9,17H,3,6H2,1-2H3,(H,16,18). The summed E-state index contributed by atoms with van der Waals surface area (Å²) in [5, 5.41) is 12.3. The third kappa shape index (κ3) is 4.44. The number of hydrogen-bond acceptors (Lipinski definition) is 3. The molecule has 0 aliphatic rings. The maximum absolute atomic E-state index is 11.9. The number of rotatable bonds is 5. The zero-order valence-electron chi connectivity index (χ0n) is 10.3. The minimum absolute atomic E-state index is 0.0985. The molecule has 0 saturated carbocycles. The van der Waals surface area contributed by atoms with Crippen LogP contribution in [0.2, 0.25) is 10.2 Å². The molecule has 0 bridgehead atoms. The van der Waals surface area contributed by atoms with Gasteiger partial charge in [-0.25, -0.2) is 4.98 Å². The second kappa shape index (κ2) is 6.92. The average molecular weight is 291 g/mol. The van der Waals surface area contributed by atoms with Crippen LogP contribution in [-0.4, -0.2) is 28.6 Å². The van der Waals surface area contributed by atoms with Gasteiger partial charge in [-0.15, -0.1) is 0 Å². The average Bonchev–Trinajstić information content (AvgIpc) is 2.31. The number of carbonyl (C=O) groups excluding carboxylic acids is 1. The van der Waals surface area contributed by atoms with Crippen molar-refractivity contribution >= 4 is 29.1 Å². The Morgan fingerprint density at radius 3 is 2.67 bits per heavy atom. The van der Waals surface area contributed by atoms with Gasteiger partial charge in [-0.05, 0) is 18.4 Å². The molecule has 1 aromatic heterocycles. The number of aliphatic hydroxyl groups is 1. The highest BCUT2D eigenvalue weighted by Gasteiger charge is 2.15. The van der Waals surface area contributed by atoms with E-state index in [4.69, 9.17) is 23.2 Å². The summed E-state index contributed by atoms with van der Waals surface area (Å²) in [6.07, 6.45) is 2.06. The highest BCUT2D eigenvalue weighted by molar-refractivity contribution is 6.41. The fourth-order valence-corrected chi connectivity index (χ4v) is 1.83. The smallest absolute Gasteiger partial charge is 0.253 e. The maximum Gasteiger partial charge on any atom is 0.253 e. The first-order chi connectivity index (χ1) is 8.43. The van der Waals surface area contributed by atoms with E-state index in [9.17, 15) is 9.90 Å². The number of nitrogens with one attached hydrogen (secondary N) is 1. The summed E-state index contributed by atoms with van der Waals surface area (Å²) >= 11 is 11.5. The van der Waals surface area contributed by atoms with Crippen LogP contribution in [-0.2, 0) is 0 Å². The van der Waals surface area contributed by atoms with Crippen LogP contribution in [0.1, 0.15) is 30.6 Å². The highest BCUT2D eigenvalue weighted by Crippen LogP contribution is 2.19. The number of nitrogens with zero attached hydrogens (tertiary/aromatic N) is 1. The summed E-state index contributed by atoms with van der Waals surface area (Å²) in [4.78, 5) is 15.7. The third-order valence-electron chi connectivity index (χ3n) is 2.37. The molecule has 18 heavy (non-hydrogen) atoms. The van der Waals surface area contributed by atoms with Crippen LogP contribution in [0.5, 0.6) is 0 Å². The van der Waals surface area contributed by atoms with Gasteiger partial charge in [0.1, 0.15) is 5.15 Å². The van der Waals surface area contributed by atoms with Gasteiger partial charge in [-0.3, -0.25) is 4.79 Å². The van der Waals surface area contributed by atoms with Crippen molar-refractivity contribution in [3.63, 3.8) is 0 Å². The van der Waals surface area contributed by atoms with Gasteiger partial charge < -0.3 is 10.4 Å². The molecule has 1 aromatic rings. The predicted octanol–water partition coefficient (Wildman–Crippen LogP) is 2.53. The summed E-state index contributed by atoms with van der Waals surface area (Å²) < 4.78 is 0. The van der Waals surface area contributed by atoms with Crippen LogP contribution in [0.25, 0.3) is 0 Å². The predicted molar refractivity (Wildman–Crippen MR) is 72.1 cm³/mol. The van der Waals surface area contributed by atoms with Crippen molar-refractivity contribution in [2.45, 2.75) is 26.3 Å². The molecule has 0 radical (unpaired) electrons. The summed E-state index contributed by atoms with van der Waals surface area (Å²) in [7, 11) is 0. The molecule has 1 atom stereocenters. The monoisotopic (exact) mass is 290 g/mol. The van der Waals surface area contributed by atoms with Gasteiger partial charge in [-0.1, -0.05) is 37.0 Å². The molecule has 1 rings (SSSR count). The van der Waals surface area contributed by atoms with Crippen molar-refractivity contribution in [2.75, 3.05) is 6.61 Å². The van der Waals surface area contributed by atoms with Crippen molar-refractivity contribution in [2.24, 2.45) is 5.92 Å². The van der Waals surface area contributed by atoms with E-state index in [1.54, 1.807) is 0 Å². The quantitative estimate of drug-likeness (QED) is 0.819. The Bertz CT molecular complexity index is 425. The van der Waals surface area contributed by atoms with Crippen molar-refractivity contribution in [3.05, 3.63) is 28.0 Å². The molecule has 0 aliphatic carbocycles. The number of amides is 1. The lowest BCUT2D eigenvalue weighted by Crippen LogP contribution is -2.38. The van der Waals surface area contributed by atoms with E-state index in [1.807, 2.05) is 13.8 Å². The number of aromatic nitrogens is 1. The molecular weight excluding hydrogens is 275 g/mol. The SMILES string of the molecule is CC(C)CC(CO)NC(=O)c1cnc(Cl)c(Cl)c1. The first-order valence-corrected chi connectivity index (χ1v) is 6.42. The molecule has 1 heterocycles. The van der Waals surface area contributed by atoms with Crippen LogP contribution >= 0.6 is 23.2 Å². The third-order valence-corrected chi connectivity index (χ3v) is 3.06. The summed E-state index contributed by atoms with van der Waals surface area (Å²) in [6.45, 7) is 3.95. The topological polar surface area (TPSA) is 62.2 Å². The molecule has 0 aliphatic heterocycles. The lowest BCUT2D eigenvalue weighted by molar-refractivity contribution is 0.0908. The van der Waals surface area contributed by atoms with Crippen LogP contribution in [0.4, 0.5) is 0 Å². The second-order valence-corrected chi connectivity index (χ2v) is 5.24. The van der Waals surface area contributed by atoms with Crippen molar-refractivity contribution in [1.82, 2.24) is 10.3 Å². The minimum Gasteiger partial charge on any atom is -0.394 e. The summed E-state index contributed by atoms with van der Waals surface area (Å²) in [5.74, 6) is 0.0650. The highest BCUT2D eigenvalue weighted by atomic mass is 35.5. The largest absolute Gasteiger partial charge is 0.394 e. The zero-order valence-corrected chi connectivity index (χ0v) is 11.8. The fourth-order valence-electron chi connectivity index (χ4n) is 1.56. The Hall–Kier alpha value is -0.840. The number of pyridine rings is 1. The van der Waals surface area contributed by atoms with Crippen molar-refractivity contribution in [3.8, 4) is 0 Å². The van der Waals surface area contributed by atoms with E-state index in [1.165, 1.54) is 12.3 Å². The maximum atomic E-state index is 11.9. The lowest BCUT2D eigenvalue weighted by atomic mass is 10.0. The second-order valence-electron chi connectivity index (χ2n) is 4.48. The zero-order chi connectivity index (χ0) is 13.7. The molecule has 100 valence electrons.